The van der Waals surface area contributed by atoms with Crippen molar-refractivity contribution in [2.24, 2.45) is 0 Å². The van der Waals surface area contributed by atoms with Crippen LogP contribution in [0.25, 0.3) is 11.1 Å². The first-order valence-electron chi connectivity index (χ1n) is 9.25. The highest BCUT2D eigenvalue weighted by Gasteiger charge is 2.31. The van der Waals surface area contributed by atoms with Gasteiger partial charge in [-0.05, 0) is 18.9 Å². The summed E-state index contributed by atoms with van der Waals surface area (Å²) in [5.74, 6) is -2.11. The van der Waals surface area contributed by atoms with Crippen LogP contribution in [-0.4, -0.2) is 27.4 Å². The Hall–Kier alpha value is -3.95. The number of nitro benzene ring substituents is 1. The van der Waals surface area contributed by atoms with E-state index < -0.39 is 35.2 Å². The highest BCUT2D eigenvalue weighted by molar-refractivity contribution is 5.86. The lowest BCUT2D eigenvalue weighted by atomic mass is 10.1. The molecule has 3 aromatic rings. The van der Waals surface area contributed by atoms with Gasteiger partial charge in [-0.15, -0.1) is 0 Å². The number of fused-ring (bicyclic) bond motifs is 1. The molecule has 0 radical (unpaired) electrons. The number of aromatic nitrogens is 1. The molecule has 154 valence electrons. The number of hydrogen-bond donors (Lipinski definition) is 1. The van der Waals surface area contributed by atoms with E-state index in [2.05, 4.69) is 5.32 Å². The van der Waals surface area contributed by atoms with Crippen LogP contribution in [0.4, 0.5) is 5.69 Å². The molecule has 1 fully saturated rings. The van der Waals surface area contributed by atoms with E-state index >= 15 is 0 Å². The largest absolute Gasteiger partial charge is 0.446 e. The normalized spacial score (nSPS) is 14.3. The van der Waals surface area contributed by atoms with Crippen LogP contribution in [0.1, 0.15) is 24.5 Å². The molecule has 1 atom stereocenters. The first kappa shape index (κ1) is 19.4. The van der Waals surface area contributed by atoms with Gasteiger partial charge in [0, 0.05) is 17.7 Å². The third kappa shape index (κ3) is 4.07. The topological polar surface area (TPSA) is 134 Å². The van der Waals surface area contributed by atoms with Gasteiger partial charge < -0.3 is 14.5 Å². The summed E-state index contributed by atoms with van der Waals surface area (Å²) < 4.78 is 11.4. The van der Waals surface area contributed by atoms with Crippen molar-refractivity contribution in [3.05, 3.63) is 74.8 Å². The molecule has 0 aliphatic heterocycles. The maximum atomic E-state index is 12.6. The SMILES string of the molecule is O=C(Cn1c(=O)oc2cc([N+](=O)[O-])ccc21)O[C@@H](C(=O)NC1CC1)c1ccccc1. The van der Waals surface area contributed by atoms with Crippen LogP contribution >= 0.6 is 0 Å². The number of amides is 1. The predicted molar refractivity (Wildman–Crippen MR) is 104 cm³/mol. The van der Waals surface area contributed by atoms with Crippen LogP contribution in [0.5, 0.6) is 0 Å². The predicted octanol–water partition coefficient (Wildman–Crippen LogP) is 2.07. The number of carbonyl (C=O) groups excluding carboxylic acids is 2. The van der Waals surface area contributed by atoms with Crippen LogP contribution in [-0.2, 0) is 20.9 Å². The second kappa shape index (κ2) is 7.82. The van der Waals surface area contributed by atoms with Crippen molar-refractivity contribution >= 4 is 28.7 Å². The van der Waals surface area contributed by atoms with Crippen LogP contribution in [0.15, 0.2) is 57.7 Å². The Morgan fingerprint density at radius 1 is 1.23 bits per heavy atom. The fourth-order valence-electron chi connectivity index (χ4n) is 3.02. The van der Waals surface area contributed by atoms with Crippen molar-refractivity contribution in [3.63, 3.8) is 0 Å². The summed E-state index contributed by atoms with van der Waals surface area (Å²) in [6.45, 7) is -0.510. The Labute approximate surface area is 169 Å². The van der Waals surface area contributed by atoms with E-state index in [1.54, 1.807) is 30.3 Å². The summed E-state index contributed by atoms with van der Waals surface area (Å²) in [6.07, 6.45) is 0.599. The summed E-state index contributed by atoms with van der Waals surface area (Å²) in [5.41, 5.74) is 0.449. The molecule has 0 bridgehead atoms. The quantitative estimate of drug-likeness (QED) is 0.357. The van der Waals surface area contributed by atoms with Gasteiger partial charge in [-0.1, -0.05) is 30.3 Å². The van der Waals surface area contributed by atoms with E-state index in [1.807, 2.05) is 0 Å². The molecule has 0 spiro atoms. The summed E-state index contributed by atoms with van der Waals surface area (Å²) >= 11 is 0. The highest BCUT2D eigenvalue weighted by atomic mass is 16.6. The van der Waals surface area contributed by atoms with Gasteiger partial charge in [0.2, 0.25) is 6.10 Å². The van der Waals surface area contributed by atoms with Gasteiger partial charge in [-0.25, -0.2) is 4.79 Å². The Bertz CT molecular complexity index is 1180. The summed E-state index contributed by atoms with van der Waals surface area (Å²) in [7, 11) is 0. The fourth-order valence-corrected chi connectivity index (χ4v) is 3.02. The molecule has 1 aromatic heterocycles. The van der Waals surface area contributed by atoms with Crippen molar-refractivity contribution in [2.45, 2.75) is 31.5 Å². The van der Waals surface area contributed by atoms with Crippen molar-refractivity contribution in [3.8, 4) is 0 Å². The molecule has 0 saturated heterocycles. The second-order valence-electron chi connectivity index (χ2n) is 6.93. The zero-order chi connectivity index (χ0) is 21.3. The molecular weight excluding hydrogens is 394 g/mol. The standard InChI is InChI=1S/C20H17N3O7/c24-17(11-22-15-9-8-14(23(27)28)10-16(15)29-20(22)26)30-18(12-4-2-1-3-5-12)19(25)21-13-6-7-13/h1-5,8-10,13,18H,6-7,11H2,(H,21,25)/t18-/m1/s1. The van der Waals surface area contributed by atoms with Gasteiger partial charge in [0.05, 0.1) is 16.5 Å². The molecule has 1 N–H and O–H groups in total. The lowest BCUT2D eigenvalue weighted by molar-refractivity contribution is -0.384. The number of hydrogen-bond acceptors (Lipinski definition) is 7. The van der Waals surface area contributed by atoms with E-state index in [0.29, 0.717) is 5.56 Å². The number of nitrogens with one attached hydrogen (secondary N) is 1. The number of benzene rings is 2. The Balaban J connectivity index is 1.56. The smallest absolute Gasteiger partial charge is 0.420 e. The van der Waals surface area contributed by atoms with Crippen LogP contribution in [0.3, 0.4) is 0 Å². The minimum absolute atomic E-state index is 0.0203. The molecule has 1 heterocycles. The maximum absolute atomic E-state index is 12.6. The molecule has 4 rings (SSSR count). The van der Waals surface area contributed by atoms with Crippen molar-refractivity contribution in [2.75, 3.05) is 0 Å². The molecule has 2 aromatic carbocycles. The van der Waals surface area contributed by atoms with Gasteiger partial charge in [0.1, 0.15) is 6.54 Å². The fraction of sp³-hybridized carbons (Fsp3) is 0.250. The Morgan fingerprint density at radius 3 is 2.63 bits per heavy atom. The minimum atomic E-state index is -1.16. The summed E-state index contributed by atoms with van der Waals surface area (Å²) in [5, 5.41) is 13.7. The zero-order valence-electron chi connectivity index (χ0n) is 15.6. The van der Waals surface area contributed by atoms with E-state index in [1.165, 1.54) is 12.1 Å². The van der Waals surface area contributed by atoms with Crippen molar-refractivity contribution in [1.82, 2.24) is 9.88 Å². The van der Waals surface area contributed by atoms with Gasteiger partial charge >= 0.3 is 11.7 Å². The maximum Gasteiger partial charge on any atom is 0.420 e. The van der Waals surface area contributed by atoms with E-state index in [-0.39, 0.29) is 22.8 Å². The number of nitrogens with zero attached hydrogens (tertiary/aromatic N) is 2. The molecule has 10 heteroatoms. The summed E-state index contributed by atoms with van der Waals surface area (Å²) in [6, 6.07) is 12.3. The van der Waals surface area contributed by atoms with Crippen LogP contribution in [0, 0.1) is 10.1 Å². The number of nitro groups is 1. The number of rotatable bonds is 7. The monoisotopic (exact) mass is 411 g/mol. The van der Waals surface area contributed by atoms with Crippen molar-refractivity contribution in [1.29, 1.82) is 0 Å². The van der Waals surface area contributed by atoms with E-state index in [4.69, 9.17) is 9.15 Å². The number of oxazole rings is 1. The number of non-ortho nitro benzene ring substituents is 1. The summed E-state index contributed by atoms with van der Waals surface area (Å²) in [4.78, 5) is 47.5. The molecule has 10 nitrogen and oxygen atoms in total. The second-order valence-corrected chi connectivity index (χ2v) is 6.93. The Kier molecular flexibility index (Phi) is 5.05. The van der Waals surface area contributed by atoms with Gasteiger partial charge in [-0.2, -0.15) is 0 Å². The third-order valence-corrected chi connectivity index (χ3v) is 4.66. The minimum Gasteiger partial charge on any atom is -0.446 e. The third-order valence-electron chi connectivity index (χ3n) is 4.66. The molecule has 30 heavy (non-hydrogen) atoms. The first-order valence-corrected chi connectivity index (χ1v) is 9.25. The lowest BCUT2D eigenvalue weighted by Crippen LogP contribution is -2.34. The first-order chi connectivity index (χ1) is 14.4. The van der Waals surface area contributed by atoms with Crippen molar-refractivity contribution < 1.29 is 23.7 Å². The lowest BCUT2D eigenvalue weighted by Gasteiger charge is -2.18. The highest BCUT2D eigenvalue weighted by Crippen LogP contribution is 2.24. The molecule has 0 unspecified atom stereocenters. The van der Waals surface area contributed by atoms with Gasteiger partial charge in [-0.3, -0.25) is 24.3 Å². The number of carbonyl (C=O) groups is 2. The molecule has 1 amide bonds. The molecule has 1 aliphatic rings. The van der Waals surface area contributed by atoms with E-state index in [0.717, 1.165) is 23.5 Å². The van der Waals surface area contributed by atoms with Crippen LogP contribution < -0.4 is 11.1 Å². The molecule has 1 aliphatic carbocycles. The Morgan fingerprint density at radius 2 is 1.97 bits per heavy atom. The van der Waals surface area contributed by atoms with E-state index in [9.17, 15) is 24.5 Å². The number of esters is 1. The van der Waals surface area contributed by atoms with Crippen LogP contribution in [0.2, 0.25) is 0 Å². The number of ether oxygens (including phenoxy) is 1. The average Bonchev–Trinajstić information content (AvgIpc) is 3.49. The molecular formula is C20H17N3O7. The van der Waals surface area contributed by atoms with Gasteiger partial charge in [0.25, 0.3) is 11.6 Å². The van der Waals surface area contributed by atoms with Gasteiger partial charge in [0.15, 0.2) is 5.58 Å². The average molecular weight is 411 g/mol. The molecule has 1 saturated carbocycles. The zero-order valence-corrected chi connectivity index (χ0v) is 15.6.